The summed E-state index contributed by atoms with van der Waals surface area (Å²) in [5.41, 5.74) is 5.78. The fourth-order valence-corrected chi connectivity index (χ4v) is 4.65. The van der Waals surface area contributed by atoms with Gasteiger partial charge in [0.15, 0.2) is 0 Å². The number of ether oxygens (including phenoxy) is 2. The number of hydrogen-bond acceptors (Lipinski definition) is 5. The van der Waals surface area contributed by atoms with Gasteiger partial charge in [0.25, 0.3) is 5.56 Å². The van der Waals surface area contributed by atoms with E-state index in [0.717, 1.165) is 34.6 Å². The maximum Gasteiger partial charge on any atom is 0.258 e. The first-order valence-corrected chi connectivity index (χ1v) is 10.6. The Bertz CT molecular complexity index is 1230. The minimum atomic E-state index is -0.0687. The molecule has 6 heteroatoms. The number of nitrogens with zero attached hydrogens (tertiary/aromatic N) is 1. The highest BCUT2D eigenvalue weighted by molar-refractivity contribution is 7.09. The van der Waals surface area contributed by atoms with Gasteiger partial charge in [-0.2, -0.15) is 0 Å². The summed E-state index contributed by atoms with van der Waals surface area (Å²) in [5, 5.41) is 0. The zero-order chi connectivity index (χ0) is 20.5. The van der Waals surface area contributed by atoms with Gasteiger partial charge in [0, 0.05) is 23.9 Å². The zero-order valence-electron chi connectivity index (χ0n) is 16.4. The van der Waals surface area contributed by atoms with Crippen LogP contribution in [0.1, 0.15) is 23.7 Å². The van der Waals surface area contributed by atoms with Crippen LogP contribution >= 0.6 is 11.5 Å². The summed E-state index contributed by atoms with van der Waals surface area (Å²) in [6.45, 7) is 0. The molecule has 30 heavy (non-hydrogen) atoms. The highest BCUT2D eigenvalue weighted by Crippen LogP contribution is 2.40. The van der Waals surface area contributed by atoms with Crippen LogP contribution < -0.4 is 15.0 Å². The quantitative estimate of drug-likeness (QED) is 0.483. The Morgan fingerprint density at radius 1 is 1.07 bits per heavy atom. The van der Waals surface area contributed by atoms with Crippen molar-refractivity contribution < 1.29 is 9.47 Å². The second kappa shape index (κ2) is 7.80. The average molecular weight is 417 g/mol. The van der Waals surface area contributed by atoms with Gasteiger partial charge in [0.2, 0.25) is 5.88 Å². The van der Waals surface area contributed by atoms with Crippen molar-refractivity contribution in [3.05, 3.63) is 88.3 Å². The third-order valence-corrected chi connectivity index (χ3v) is 6.29. The van der Waals surface area contributed by atoms with Gasteiger partial charge in [-0.15, -0.1) is 0 Å². The molecule has 0 fully saturated rings. The topological polar surface area (TPSA) is 64.2 Å². The standard InChI is InChI=1S/C24H20N2O3S/c1-28-24-12-7-16(14-25-24)18-3-2-4-20-19(18)10-11-21(20)29-17-8-5-15(6-9-17)22-13-23(27)26-30-22/h2-9,12-14,21H,10-11H2,1H3,(H,26,27)/t21-/m1/s1. The molecule has 0 saturated carbocycles. The van der Waals surface area contributed by atoms with Crippen molar-refractivity contribution in [1.29, 1.82) is 0 Å². The molecule has 0 amide bonds. The van der Waals surface area contributed by atoms with Crippen LogP contribution in [0.15, 0.2) is 71.7 Å². The van der Waals surface area contributed by atoms with E-state index in [4.69, 9.17) is 9.47 Å². The van der Waals surface area contributed by atoms with E-state index in [2.05, 4.69) is 27.6 Å². The minimum Gasteiger partial charge on any atom is -0.486 e. The molecule has 1 atom stereocenters. The summed E-state index contributed by atoms with van der Waals surface area (Å²) >= 11 is 1.34. The van der Waals surface area contributed by atoms with Crippen molar-refractivity contribution in [3.8, 4) is 33.2 Å². The molecular formula is C24H20N2O3S. The number of benzene rings is 2. The van der Waals surface area contributed by atoms with Gasteiger partial charge < -0.3 is 9.47 Å². The van der Waals surface area contributed by atoms with Crippen molar-refractivity contribution >= 4 is 11.5 Å². The molecule has 0 aliphatic heterocycles. The van der Waals surface area contributed by atoms with Gasteiger partial charge in [-0.05, 0) is 65.4 Å². The van der Waals surface area contributed by atoms with Gasteiger partial charge in [0.05, 0.1) is 12.0 Å². The predicted molar refractivity (Wildman–Crippen MR) is 118 cm³/mol. The Labute approximate surface area is 178 Å². The summed E-state index contributed by atoms with van der Waals surface area (Å²) in [7, 11) is 1.62. The number of aromatic amines is 1. The second-order valence-corrected chi connectivity index (χ2v) is 8.06. The number of H-pyrrole nitrogens is 1. The third-order valence-electron chi connectivity index (χ3n) is 5.41. The number of nitrogens with one attached hydrogen (secondary N) is 1. The lowest BCUT2D eigenvalue weighted by atomic mass is 9.98. The van der Waals surface area contributed by atoms with E-state index >= 15 is 0 Å². The maximum atomic E-state index is 11.4. The predicted octanol–water partition coefficient (Wildman–Crippen LogP) is 5.24. The van der Waals surface area contributed by atoms with E-state index in [0.29, 0.717) is 5.88 Å². The van der Waals surface area contributed by atoms with Crippen LogP contribution in [-0.4, -0.2) is 16.5 Å². The Balaban J connectivity index is 1.38. The molecule has 5 rings (SSSR count). The number of aromatic nitrogens is 2. The molecular weight excluding hydrogens is 396 g/mol. The van der Waals surface area contributed by atoms with E-state index in [9.17, 15) is 4.79 Å². The lowest BCUT2D eigenvalue weighted by Crippen LogP contribution is -2.03. The molecule has 150 valence electrons. The molecule has 0 unspecified atom stereocenters. The molecule has 0 saturated heterocycles. The zero-order valence-corrected chi connectivity index (χ0v) is 17.2. The molecule has 2 aromatic heterocycles. The summed E-state index contributed by atoms with van der Waals surface area (Å²) in [4.78, 5) is 16.6. The Kier molecular flexibility index (Phi) is 4.85. The SMILES string of the molecule is COc1ccc(-c2cccc3c2CC[C@H]3Oc2ccc(-c3cc(=O)[nH]s3)cc2)cn1. The Morgan fingerprint density at radius 2 is 1.90 bits per heavy atom. The fourth-order valence-electron chi connectivity index (χ4n) is 3.96. The molecule has 1 aliphatic rings. The Hall–Kier alpha value is -3.38. The average Bonchev–Trinajstić information content (AvgIpc) is 3.41. The molecule has 2 heterocycles. The van der Waals surface area contributed by atoms with E-state index in [1.807, 2.05) is 42.6 Å². The smallest absolute Gasteiger partial charge is 0.258 e. The van der Waals surface area contributed by atoms with Gasteiger partial charge in [0.1, 0.15) is 11.9 Å². The first-order chi connectivity index (χ1) is 14.7. The number of hydrogen-bond donors (Lipinski definition) is 1. The molecule has 5 nitrogen and oxygen atoms in total. The molecule has 1 aliphatic carbocycles. The first-order valence-electron chi connectivity index (χ1n) is 9.79. The van der Waals surface area contributed by atoms with Crippen LogP contribution in [0.4, 0.5) is 0 Å². The highest BCUT2D eigenvalue weighted by Gasteiger charge is 2.26. The summed E-state index contributed by atoms with van der Waals surface area (Å²) in [6, 6.07) is 19.8. The fraction of sp³-hybridized carbons (Fsp3) is 0.167. The van der Waals surface area contributed by atoms with Crippen molar-refractivity contribution in [3.63, 3.8) is 0 Å². The molecule has 1 N–H and O–H groups in total. The second-order valence-electron chi connectivity index (χ2n) is 7.21. The van der Waals surface area contributed by atoms with Crippen molar-refractivity contribution in [2.75, 3.05) is 7.11 Å². The normalized spacial score (nSPS) is 15.0. The number of rotatable bonds is 5. The van der Waals surface area contributed by atoms with Gasteiger partial charge in [-0.1, -0.05) is 29.7 Å². The van der Waals surface area contributed by atoms with E-state index in [1.165, 1.54) is 28.2 Å². The lowest BCUT2D eigenvalue weighted by molar-refractivity contribution is 0.207. The van der Waals surface area contributed by atoms with Crippen molar-refractivity contribution in [1.82, 2.24) is 9.36 Å². The number of methoxy groups -OCH3 is 1. The van der Waals surface area contributed by atoms with Gasteiger partial charge >= 0.3 is 0 Å². The van der Waals surface area contributed by atoms with Crippen molar-refractivity contribution in [2.45, 2.75) is 18.9 Å². The number of fused-ring (bicyclic) bond motifs is 1. The third kappa shape index (κ3) is 3.50. The highest BCUT2D eigenvalue weighted by atomic mass is 32.1. The molecule has 0 spiro atoms. The largest absolute Gasteiger partial charge is 0.486 e. The lowest BCUT2D eigenvalue weighted by Gasteiger charge is -2.16. The van der Waals surface area contributed by atoms with Crippen LogP contribution in [0.5, 0.6) is 11.6 Å². The molecule has 4 aromatic rings. The Morgan fingerprint density at radius 3 is 2.60 bits per heavy atom. The van der Waals surface area contributed by atoms with E-state index in [1.54, 1.807) is 13.2 Å². The molecule has 0 bridgehead atoms. The minimum absolute atomic E-state index is 0.0281. The first kappa shape index (κ1) is 18.6. The van der Waals surface area contributed by atoms with Crippen molar-refractivity contribution in [2.24, 2.45) is 0 Å². The van der Waals surface area contributed by atoms with E-state index in [-0.39, 0.29) is 11.7 Å². The number of pyridine rings is 1. The van der Waals surface area contributed by atoms with Gasteiger partial charge in [-0.3, -0.25) is 9.17 Å². The van der Waals surface area contributed by atoms with Crippen LogP contribution in [0.3, 0.4) is 0 Å². The van der Waals surface area contributed by atoms with Gasteiger partial charge in [-0.25, -0.2) is 4.98 Å². The summed E-state index contributed by atoms with van der Waals surface area (Å²) in [5.74, 6) is 1.44. The van der Waals surface area contributed by atoms with Crippen LogP contribution in [0, 0.1) is 0 Å². The molecule has 2 aromatic carbocycles. The summed E-state index contributed by atoms with van der Waals surface area (Å²) < 4.78 is 14.2. The van der Waals surface area contributed by atoms with Crippen LogP contribution in [0.25, 0.3) is 21.6 Å². The van der Waals surface area contributed by atoms with Crippen LogP contribution in [0.2, 0.25) is 0 Å². The van der Waals surface area contributed by atoms with E-state index < -0.39 is 0 Å². The molecule has 0 radical (unpaired) electrons. The summed E-state index contributed by atoms with van der Waals surface area (Å²) in [6.07, 6.45) is 3.80. The maximum absolute atomic E-state index is 11.4. The monoisotopic (exact) mass is 416 g/mol. The van der Waals surface area contributed by atoms with Crippen LogP contribution in [-0.2, 0) is 6.42 Å².